The summed E-state index contributed by atoms with van der Waals surface area (Å²) in [5.41, 5.74) is 7.12. The van der Waals surface area contributed by atoms with Gasteiger partial charge in [-0.15, -0.1) is 0 Å². The van der Waals surface area contributed by atoms with Crippen LogP contribution in [0, 0.1) is 6.92 Å². The average molecular weight is 190 g/mol. The van der Waals surface area contributed by atoms with E-state index in [9.17, 15) is 10.0 Å². The van der Waals surface area contributed by atoms with Gasteiger partial charge in [-0.05, 0) is 18.6 Å². The second-order valence-electron chi connectivity index (χ2n) is 3.27. The molecule has 72 valence electrons. The smallest absolute Gasteiger partial charge is 0.251 e. The Morgan fingerprint density at radius 1 is 1.50 bits per heavy atom. The van der Waals surface area contributed by atoms with E-state index >= 15 is 0 Å². The lowest BCUT2D eigenvalue weighted by Crippen LogP contribution is -2.10. The van der Waals surface area contributed by atoms with Crippen LogP contribution in [0.25, 0.3) is 10.9 Å². The molecule has 0 atom stereocenters. The normalized spacial score (nSPS) is 10.6. The first-order valence-corrected chi connectivity index (χ1v) is 4.20. The van der Waals surface area contributed by atoms with Crippen LogP contribution in [-0.4, -0.2) is 15.8 Å². The van der Waals surface area contributed by atoms with Gasteiger partial charge in [0.2, 0.25) is 0 Å². The Kier molecular flexibility index (Phi) is 1.70. The van der Waals surface area contributed by atoms with Gasteiger partial charge in [-0.1, -0.05) is 12.1 Å². The van der Waals surface area contributed by atoms with Gasteiger partial charge in [-0.25, -0.2) is 0 Å². The number of nitrogens with two attached hydrogens (primary N) is 1. The van der Waals surface area contributed by atoms with E-state index in [-0.39, 0.29) is 0 Å². The van der Waals surface area contributed by atoms with Gasteiger partial charge in [0.15, 0.2) is 0 Å². The molecule has 1 aromatic carbocycles. The van der Waals surface area contributed by atoms with E-state index in [0.29, 0.717) is 16.5 Å². The predicted molar refractivity (Wildman–Crippen MR) is 52.4 cm³/mol. The number of fused-ring (bicyclic) bond motifs is 1. The van der Waals surface area contributed by atoms with Crippen LogP contribution in [0.1, 0.15) is 15.9 Å². The Morgan fingerprint density at radius 3 is 2.86 bits per heavy atom. The Bertz CT molecular complexity index is 514. The number of primary amides is 1. The van der Waals surface area contributed by atoms with Crippen molar-refractivity contribution in [3.8, 4) is 0 Å². The number of hydrogen-bond donors (Lipinski definition) is 2. The molecule has 0 saturated carbocycles. The highest BCUT2D eigenvalue weighted by Crippen LogP contribution is 2.20. The van der Waals surface area contributed by atoms with Crippen LogP contribution in [-0.2, 0) is 0 Å². The molecule has 0 fully saturated rings. The lowest BCUT2D eigenvalue weighted by atomic mass is 10.1. The molecule has 1 heterocycles. The van der Waals surface area contributed by atoms with Gasteiger partial charge in [0.05, 0.1) is 17.3 Å². The lowest BCUT2D eigenvalue weighted by Gasteiger charge is -1.96. The van der Waals surface area contributed by atoms with Gasteiger partial charge in [0, 0.05) is 5.39 Å². The lowest BCUT2D eigenvalue weighted by molar-refractivity contribution is 0.0999. The van der Waals surface area contributed by atoms with Crippen molar-refractivity contribution in [2.75, 3.05) is 0 Å². The summed E-state index contributed by atoms with van der Waals surface area (Å²) in [7, 11) is 0. The van der Waals surface area contributed by atoms with Crippen LogP contribution < -0.4 is 5.73 Å². The second kappa shape index (κ2) is 2.77. The molecule has 0 aliphatic rings. The number of carbonyl (C=O) groups excluding carboxylic acids is 1. The van der Waals surface area contributed by atoms with Crippen molar-refractivity contribution in [3.05, 3.63) is 35.5 Å². The summed E-state index contributed by atoms with van der Waals surface area (Å²) in [5, 5.41) is 10.1. The summed E-state index contributed by atoms with van der Waals surface area (Å²) in [6, 6.07) is 5.44. The molecule has 0 spiro atoms. The summed E-state index contributed by atoms with van der Waals surface area (Å²) in [6.45, 7) is 1.91. The minimum absolute atomic E-state index is 0.336. The highest BCUT2D eigenvalue weighted by atomic mass is 16.5. The number of amides is 1. The zero-order chi connectivity index (χ0) is 10.3. The van der Waals surface area contributed by atoms with Crippen molar-refractivity contribution in [3.63, 3.8) is 0 Å². The third kappa shape index (κ3) is 1.12. The fourth-order valence-corrected chi connectivity index (χ4v) is 1.52. The van der Waals surface area contributed by atoms with Crippen LogP contribution in [0.2, 0.25) is 0 Å². The fraction of sp³-hybridized carbons (Fsp3) is 0.100. The van der Waals surface area contributed by atoms with E-state index in [1.54, 1.807) is 12.1 Å². The zero-order valence-electron chi connectivity index (χ0n) is 7.69. The first kappa shape index (κ1) is 8.62. The van der Waals surface area contributed by atoms with E-state index in [4.69, 9.17) is 5.73 Å². The number of rotatable bonds is 1. The largest absolute Gasteiger partial charge is 0.428 e. The minimum atomic E-state index is -0.536. The van der Waals surface area contributed by atoms with Gasteiger partial charge < -0.3 is 10.9 Å². The molecule has 0 aliphatic carbocycles. The molecule has 0 unspecified atom stereocenters. The highest BCUT2D eigenvalue weighted by molar-refractivity contribution is 6.06. The Labute approximate surface area is 80.5 Å². The number of aromatic nitrogens is 1. The van der Waals surface area contributed by atoms with E-state index in [1.165, 1.54) is 6.20 Å². The quantitative estimate of drug-likeness (QED) is 0.665. The standard InChI is InChI=1S/C10H10N2O2/c1-6-2-3-7-8(10(11)13)5-12(14)9(7)4-6/h2-5,14H,1H3,(H2,11,13). The zero-order valence-corrected chi connectivity index (χ0v) is 7.69. The van der Waals surface area contributed by atoms with E-state index in [1.807, 2.05) is 13.0 Å². The first-order valence-electron chi connectivity index (χ1n) is 4.20. The summed E-state index contributed by atoms with van der Waals surface area (Å²) in [5.74, 6) is -0.536. The predicted octanol–water partition coefficient (Wildman–Crippen LogP) is 1.29. The Balaban J connectivity index is 2.84. The van der Waals surface area contributed by atoms with Gasteiger partial charge in [-0.3, -0.25) is 4.79 Å². The topological polar surface area (TPSA) is 68.2 Å². The fourth-order valence-electron chi connectivity index (χ4n) is 1.52. The van der Waals surface area contributed by atoms with Crippen molar-refractivity contribution in [1.29, 1.82) is 0 Å². The summed E-state index contributed by atoms with van der Waals surface area (Å²) in [6.07, 6.45) is 1.33. The molecule has 0 bridgehead atoms. The van der Waals surface area contributed by atoms with Gasteiger partial charge in [0.1, 0.15) is 0 Å². The number of nitrogens with zero attached hydrogens (tertiary/aromatic N) is 1. The summed E-state index contributed by atoms with van der Waals surface area (Å²) < 4.78 is 0.919. The highest BCUT2D eigenvalue weighted by Gasteiger charge is 2.11. The Morgan fingerprint density at radius 2 is 2.21 bits per heavy atom. The van der Waals surface area contributed by atoms with Crippen molar-refractivity contribution < 1.29 is 10.0 Å². The van der Waals surface area contributed by atoms with Crippen LogP contribution in [0.5, 0.6) is 0 Å². The summed E-state index contributed by atoms with van der Waals surface area (Å²) in [4.78, 5) is 11.0. The van der Waals surface area contributed by atoms with Crippen molar-refractivity contribution in [1.82, 2.24) is 4.73 Å². The molecular weight excluding hydrogens is 180 g/mol. The third-order valence-corrected chi connectivity index (χ3v) is 2.21. The van der Waals surface area contributed by atoms with Crippen LogP contribution in [0.3, 0.4) is 0 Å². The molecule has 4 heteroatoms. The van der Waals surface area contributed by atoms with Crippen LogP contribution in [0.15, 0.2) is 24.4 Å². The van der Waals surface area contributed by atoms with E-state index in [0.717, 1.165) is 10.3 Å². The average Bonchev–Trinajstić information content (AvgIpc) is 2.44. The van der Waals surface area contributed by atoms with Gasteiger partial charge in [0.25, 0.3) is 5.91 Å². The summed E-state index contributed by atoms with van der Waals surface area (Å²) >= 11 is 0. The van der Waals surface area contributed by atoms with E-state index in [2.05, 4.69) is 0 Å². The van der Waals surface area contributed by atoms with E-state index < -0.39 is 5.91 Å². The number of hydrogen-bond acceptors (Lipinski definition) is 2. The van der Waals surface area contributed by atoms with Crippen LogP contribution >= 0.6 is 0 Å². The number of aryl methyl sites for hydroxylation is 1. The van der Waals surface area contributed by atoms with Crippen molar-refractivity contribution in [2.24, 2.45) is 5.73 Å². The van der Waals surface area contributed by atoms with Crippen molar-refractivity contribution >= 4 is 16.8 Å². The third-order valence-electron chi connectivity index (χ3n) is 2.21. The molecule has 1 amide bonds. The maximum Gasteiger partial charge on any atom is 0.251 e. The molecule has 3 N–H and O–H groups in total. The molecule has 0 saturated heterocycles. The van der Waals surface area contributed by atoms with Crippen molar-refractivity contribution in [2.45, 2.75) is 6.92 Å². The SMILES string of the molecule is Cc1ccc2c(C(N)=O)cn(O)c2c1. The number of carbonyl (C=O) groups is 1. The molecule has 0 radical (unpaired) electrons. The molecule has 2 aromatic rings. The molecule has 0 aliphatic heterocycles. The maximum absolute atomic E-state index is 11.0. The van der Waals surface area contributed by atoms with Gasteiger partial charge >= 0.3 is 0 Å². The molecule has 2 rings (SSSR count). The Hall–Kier alpha value is -1.97. The minimum Gasteiger partial charge on any atom is -0.428 e. The molecule has 14 heavy (non-hydrogen) atoms. The van der Waals surface area contributed by atoms with Crippen LogP contribution in [0.4, 0.5) is 0 Å². The maximum atomic E-state index is 11.0. The monoisotopic (exact) mass is 190 g/mol. The first-order chi connectivity index (χ1) is 6.59. The molecule has 1 aromatic heterocycles. The van der Waals surface area contributed by atoms with Gasteiger partial charge in [-0.2, -0.15) is 4.73 Å². The molecule has 4 nitrogen and oxygen atoms in total. The molecular formula is C10H10N2O2. The number of benzene rings is 1. The second-order valence-corrected chi connectivity index (χ2v) is 3.27.